The molecule has 2 rings (SSSR count). The molecule has 0 atom stereocenters. The molecule has 0 aliphatic carbocycles. The Morgan fingerprint density at radius 3 is 1.32 bits per heavy atom. The minimum atomic E-state index is -0.996. The number of benzene rings is 2. The van der Waals surface area contributed by atoms with E-state index in [-0.39, 0.29) is 0 Å². The average Bonchev–Trinajstić information content (AvgIpc) is 2.50. The van der Waals surface area contributed by atoms with Crippen LogP contribution < -0.4 is 9.47 Å². The number of amides is 2. The molecule has 0 N–H and O–H groups in total. The Hall–Kier alpha value is -3.02. The second kappa shape index (κ2) is 7.12. The summed E-state index contributed by atoms with van der Waals surface area (Å²) in [4.78, 5) is 22.8. The Labute approximate surface area is 127 Å². The Kier molecular flexibility index (Phi) is 4.98. The highest BCUT2D eigenvalue weighted by molar-refractivity contribution is 5.75. The molecule has 0 spiro atoms. The van der Waals surface area contributed by atoms with Crippen LogP contribution in [-0.2, 0) is 0 Å². The molecule has 2 aromatic rings. The van der Waals surface area contributed by atoms with Crippen LogP contribution in [0, 0.1) is 13.8 Å². The number of hydrogen-bond donors (Lipinski definition) is 0. The fraction of sp³-hybridized carbons (Fsp3) is 0.125. The quantitative estimate of drug-likeness (QED) is 0.767. The lowest BCUT2D eigenvalue weighted by Crippen LogP contribution is -2.05. The Morgan fingerprint density at radius 2 is 1.00 bits per heavy atom. The standard InChI is InChI=1S/C16H14N2O4/c1-11-3-7-13(8-4-11)21-15(19)17-18-16(20)22-14-9-5-12(2)6-10-14/h3-10H,1-2H3. The monoisotopic (exact) mass is 298 g/mol. The highest BCUT2D eigenvalue weighted by Gasteiger charge is 2.06. The van der Waals surface area contributed by atoms with E-state index in [9.17, 15) is 9.59 Å². The van der Waals surface area contributed by atoms with Gasteiger partial charge in [0, 0.05) is 0 Å². The molecule has 0 aromatic heterocycles. The summed E-state index contributed by atoms with van der Waals surface area (Å²) in [6.45, 7) is 3.82. The first-order chi connectivity index (χ1) is 10.5. The molecule has 0 radical (unpaired) electrons. The molecule has 6 heteroatoms. The lowest BCUT2D eigenvalue weighted by molar-refractivity contribution is 0.200. The lowest BCUT2D eigenvalue weighted by Gasteiger charge is -2.01. The molecule has 22 heavy (non-hydrogen) atoms. The number of ether oxygens (including phenoxy) is 2. The third kappa shape index (κ3) is 4.82. The van der Waals surface area contributed by atoms with E-state index in [1.807, 2.05) is 13.8 Å². The Balaban J connectivity index is 1.87. The molecule has 0 unspecified atom stereocenters. The van der Waals surface area contributed by atoms with Gasteiger partial charge in [0.05, 0.1) is 0 Å². The van der Waals surface area contributed by atoms with Crippen LogP contribution in [-0.4, -0.2) is 12.2 Å². The predicted octanol–water partition coefficient (Wildman–Crippen LogP) is 4.45. The van der Waals surface area contributed by atoms with Gasteiger partial charge >= 0.3 is 12.2 Å². The molecule has 0 aliphatic heterocycles. The van der Waals surface area contributed by atoms with E-state index in [1.165, 1.54) is 0 Å². The number of carbonyl (C=O) groups is 2. The molecule has 0 saturated heterocycles. The van der Waals surface area contributed by atoms with Gasteiger partial charge in [0.25, 0.3) is 0 Å². The molecule has 0 heterocycles. The zero-order valence-electron chi connectivity index (χ0n) is 12.1. The van der Waals surface area contributed by atoms with Gasteiger partial charge in [0.1, 0.15) is 11.5 Å². The maximum atomic E-state index is 11.4. The van der Waals surface area contributed by atoms with Gasteiger partial charge in [-0.1, -0.05) is 45.6 Å². The van der Waals surface area contributed by atoms with Crippen LogP contribution in [0.3, 0.4) is 0 Å². The second-order valence-electron chi connectivity index (χ2n) is 4.56. The fourth-order valence-corrected chi connectivity index (χ4v) is 1.54. The van der Waals surface area contributed by atoms with Crippen molar-refractivity contribution in [3.63, 3.8) is 0 Å². The van der Waals surface area contributed by atoms with Crippen LogP contribution in [0.4, 0.5) is 9.59 Å². The average molecular weight is 298 g/mol. The first kappa shape index (κ1) is 15.4. The van der Waals surface area contributed by atoms with Crippen molar-refractivity contribution >= 4 is 12.2 Å². The third-order valence-electron chi connectivity index (χ3n) is 2.67. The van der Waals surface area contributed by atoms with Crippen molar-refractivity contribution in [2.45, 2.75) is 13.8 Å². The molecule has 2 amide bonds. The first-order valence-corrected chi connectivity index (χ1v) is 6.51. The van der Waals surface area contributed by atoms with Gasteiger partial charge in [0.15, 0.2) is 0 Å². The number of rotatable bonds is 2. The number of nitrogens with zero attached hydrogens (tertiary/aromatic N) is 2. The number of carbonyl (C=O) groups excluding carboxylic acids is 2. The van der Waals surface area contributed by atoms with Crippen molar-refractivity contribution in [2.75, 3.05) is 0 Å². The van der Waals surface area contributed by atoms with Crippen molar-refractivity contribution in [3.05, 3.63) is 59.7 Å². The van der Waals surface area contributed by atoms with Crippen molar-refractivity contribution < 1.29 is 19.1 Å². The topological polar surface area (TPSA) is 77.3 Å². The molecule has 0 aliphatic rings. The van der Waals surface area contributed by atoms with Gasteiger partial charge in [-0.25, -0.2) is 9.59 Å². The van der Waals surface area contributed by atoms with Gasteiger partial charge in [-0.2, -0.15) is 0 Å². The molecular weight excluding hydrogens is 284 g/mol. The van der Waals surface area contributed by atoms with Crippen LogP contribution in [0.5, 0.6) is 11.5 Å². The van der Waals surface area contributed by atoms with Crippen molar-refractivity contribution in [1.82, 2.24) is 0 Å². The van der Waals surface area contributed by atoms with Gasteiger partial charge in [0.2, 0.25) is 0 Å². The largest absolute Gasteiger partial charge is 0.458 e. The maximum absolute atomic E-state index is 11.4. The van der Waals surface area contributed by atoms with Crippen molar-refractivity contribution in [2.24, 2.45) is 10.2 Å². The summed E-state index contributed by atoms with van der Waals surface area (Å²) < 4.78 is 9.76. The van der Waals surface area contributed by atoms with Crippen molar-refractivity contribution in [3.8, 4) is 11.5 Å². The van der Waals surface area contributed by atoms with Crippen LogP contribution in [0.25, 0.3) is 0 Å². The van der Waals surface area contributed by atoms with Gasteiger partial charge < -0.3 is 9.47 Å². The van der Waals surface area contributed by atoms with Crippen LogP contribution in [0.1, 0.15) is 11.1 Å². The highest BCUT2D eigenvalue weighted by Crippen LogP contribution is 2.13. The Bertz CT molecular complexity index is 630. The summed E-state index contributed by atoms with van der Waals surface area (Å²) in [7, 11) is 0. The van der Waals surface area contributed by atoms with Crippen LogP contribution in [0.2, 0.25) is 0 Å². The molecule has 2 aromatic carbocycles. The van der Waals surface area contributed by atoms with E-state index in [2.05, 4.69) is 10.2 Å². The third-order valence-corrected chi connectivity index (χ3v) is 2.67. The minimum absolute atomic E-state index is 0.321. The zero-order chi connectivity index (χ0) is 15.9. The van der Waals surface area contributed by atoms with Gasteiger partial charge in [-0.15, -0.1) is 0 Å². The smallest absolute Gasteiger partial charge is 0.408 e. The summed E-state index contributed by atoms with van der Waals surface area (Å²) in [6, 6.07) is 13.6. The zero-order valence-corrected chi connectivity index (χ0v) is 12.1. The van der Waals surface area contributed by atoms with Crippen LogP contribution in [0.15, 0.2) is 58.8 Å². The first-order valence-electron chi connectivity index (χ1n) is 6.51. The van der Waals surface area contributed by atoms with E-state index in [0.717, 1.165) is 11.1 Å². The van der Waals surface area contributed by atoms with E-state index in [1.54, 1.807) is 48.5 Å². The molecule has 112 valence electrons. The van der Waals surface area contributed by atoms with E-state index in [4.69, 9.17) is 9.47 Å². The van der Waals surface area contributed by atoms with Gasteiger partial charge in [-0.05, 0) is 38.1 Å². The number of aryl methyl sites for hydroxylation is 2. The summed E-state index contributed by atoms with van der Waals surface area (Å²) >= 11 is 0. The maximum Gasteiger partial charge on any atom is 0.458 e. The van der Waals surface area contributed by atoms with Crippen LogP contribution >= 0.6 is 0 Å². The SMILES string of the molecule is Cc1ccc(OC(=O)N=NC(=O)Oc2ccc(C)cc2)cc1. The fourth-order valence-electron chi connectivity index (χ4n) is 1.54. The molecule has 0 saturated carbocycles. The van der Waals surface area contributed by atoms with Gasteiger partial charge in [-0.3, -0.25) is 0 Å². The van der Waals surface area contributed by atoms with E-state index >= 15 is 0 Å². The lowest BCUT2D eigenvalue weighted by atomic mass is 10.2. The molecular formula is C16H14N2O4. The molecule has 6 nitrogen and oxygen atoms in total. The van der Waals surface area contributed by atoms with E-state index in [0.29, 0.717) is 11.5 Å². The second-order valence-corrected chi connectivity index (χ2v) is 4.56. The molecule has 0 bridgehead atoms. The predicted molar refractivity (Wildman–Crippen MR) is 79.3 cm³/mol. The Morgan fingerprint density at radius 1 is 0.682 bits per heavy atom. The minimum Gasteiger partial charge on any atom is -0.408 e. The summed E-state index contributed by atoms with van der Waals surface area (Å²) in [5.74, 6) is 0.642. The number of azo groups is 1. The van der Waals surface area contributed by atoms with Crippen molar-refractivity contribution in [1.29, 1.82) is 0 Å². The number of hydrogen-bond acceptors (Lipinski definition) is 4. The summed E-state index contributed by atoms with van der Waals surface area (Å²) in [6.07, 6.45) is -1.99. The normalized spacial score (nSPS) is 10.5. The molecule has 0 fully saturated rings. The summed E-state index contributed by atoms with van der Waals surface area (Å²) in [5, 5.41) is 6.29. The highest BCUT2D eigenvalue weighted by atomic mass is 16.6. The van der Waals surface area contributed by atoms with E-state index < -0.39 is 12.2 Å². The summed E-state index contributed by atoms with van der Waals surface area (Å²) in [5.41, 5.74) is 2.06.